The number of benzene rings is 2. The summed E-state index contributed by atoms with van der Waals surface area (Å²) in [5.41, 5.74) is 2.38. The molecule has 0 saturated carbocycles. The normalized spacial score (nSPS) is 18.0. The van der Waals surface area contributed by atoms with E-state index in [4.69, 9.17) is 4.74 Å². The van der Waals surface area contributed by atoms with E-state index in [1.165, 1.54) is 5.69 Å². The summed E-state index contributed by atoms with van der Waals surface area (Å²) in [6.07, 6.45) is 0. The molecule has 0 aliphatic carbocycles. The molecule has 0 spiro atoms. The van der Waals surface area contributed by atoms with Gasteiger partial charge >= 0.3 is 0 Å². The molecule has 0 atom stereocenters. The van der Waals surface area contributed by atoms with Crippen LogP contribution in [0.5, 0.6) is 5.75 Å². The van der Waals surface area contributed by atoms with Gasteiger partial charge in [0.05, 0.1) is 19.3 Å². The number of nitrogens with zero attached hydrogens (tertiary/aromatic N) is 4. The number of hydrogen-bond donors (Lipinski definition) is 0. The van der Waals surface area contributed by atoms with Gasteiger partial charge in [-0.2, -0.15) is 0 Å². The quantitative estimate of drug-likeness (QED) is 0.777. The van der Waals surface area contributed by atoms with Gasteiger partial charge in [0, 0.05) is 58.0 Å². The summed E-state index contributed by atoms with van der Waals surface area (Å²) in [6.45, 7) is 7.54. The summed E-state index contributed by atoms with van der Waals surface area (Å²) in [7, 11) is 1.70. The van der Waals surface area contributed by atoms with Crippen LogP contribution in [0.25, 0.3) is 0 Å². The molecule has 6 nitrogen and oxygen atoms in total. The highest BCUT2D eigenvalue weighted by molar-refractivity contribution is 5.78. The molecule has 1 amide bonds. The largest absolute Gasteiger partial charge is 0.495 e. The van der Waals surface area contributed by atoms with Crippen LogP contribution in [0, 0.1) is 0 Å². The maximum atomic E-state index is 12.8. The van der Waals surface area contributed by atoms with Crippen molar-refractivity contribution in [3.8, 4) is 5.75 Å². The molecule has 6 heteroatoms. The third kappa shape index (κ3) is 4.65. The van der Waals surface area contributed by atoms with Crippen molar-refractivity contribution in [1.29, 1.82) is 0 Å². The maximum Gasteiger partial charge on any atom is 0.236 e. The lowest BCUT2D eigenvalue weighted by Crippen LogP contribution is -2.54. The summed E-state index contributed by atoms with van der Waals surface area (Å²) >= 11 is 0. The molecule has 2 aromatic rings. The average Bonchev–Trinajstić information content (AvgIpc) is 2.80. The van der Waals surface area contributed by atoms with Crippen LogP contribution >= 0.6 is 0 Å². The van der Waals surface area contributed by atoms with Gasteiger partial charge in [-0.3, -0.25) is 9.69 Å². The SMILES string of the molecule is COc1ccccc1N1CCN(C(=O)CN2CCN(c3ccccc3)CC2)CC1. The van der Waals surface area contributed by atoms with Crippen LogP contribution < -0.4 is 14.5 Å². The Balaban J connectivity index is 1.24. The molecule has 2 heterocycles. The Labute approximate surface area is 173 Å². The van der Waals surface area contributed by atoms with Gasteiger partial charge in [-0.15, -0.1) is 0 Å². The van der Waals surface area contributed by atoms with Crippen molar-refractivity contribution in [2.24, 2.45) is 0 Å². The van der Waals surface area contributed by atoms with Gasteiger partial charge in [-0.05, 0) is 24.3 Å². The molecule has 2 aliphatic rings. The zero-order chi connectivity index (χ0) is 20.1. The number of ether oxygens (including phenoxy) is 1. The highest BCUT2D eigenvalue weighted by Gasteiger charge is 2.25. The molecular formula is C23H30N4O2. The van der Waals surface area contributed by atoms with Gasteiger partial charge in [0.25, 0.3) is 0 Å². The minimum absolute atomic E-state index is 0.248. The number of para-hydroxylation sites is 3. The van der Waals surface area contributed by atoms with Crippen molar-refractivity contribution in [3.05, 3.63) is 54.6 Å². The molecule has 2 aliphatic heterocycles. The lowest BCUT2D eigenvalue weighted by Gasteiger charge is -2.39. The van der Waals surface area contributed by atoms with Crippen LogP contribution in [0.15, 0.2) is 54.6 Å². The van der Waals surface area contributed by atoms with E-state index < -0.39 is 0 Å². The summed E-state index contributed by atoms with van der Waals surface area (Å²) in [6, 6.07) is 18.6. The Kier molecular flexibility index (Phi) is 6.20. The highest BCUT2D eigenvalue weighted by atomic mass is 16.5. The van der Waals surface area contributed by atoms with Crippen molar-refractivity contribution in [3.63, 3.8) is 0 Å². The topological polar surface area (TPSA) is 39.3 Å². The molecule has 0 bridgehead atoms. The smallest absolute Gasteiger partial charge is 0.236 e. The first kappa shape index (κ1) is 19.6. The van der Waals surface area contributed by atoms with Gasteiger partial charge in [0.1, 0.15) is 5.75 Å². The third-order valence-corrected chi connectivity index (χ3v) is 5.91. The standard InChI is InChI=1S/C23H30N4O2/c1-29-22-10-6-5-9-21(22)26-15-17-27(18-16-26)23(28)19-24-11-13-25(14-12-24)20-7-3-2-4-8-20/h2-10H,11-19H2,1H3. The number of methoxy groups -OCH3 is 1. The van der Waals surface area contributed by atoms with Gasteiger partial charge in [0.15, 0.2) is 0 Å². The fourth-order valence-electron chi connectivity index (χ4n) is 4.18. The van der Waals surface area contributed by atoms with E-state index in [9.17, 15) is 4.79 Å². The summed E-state index contributed by atoms with van der Waals surface area (Å²) in [5.74, 6) is 1.14. The molecule has 154 valence electrons. The van der Waals surface area contributed by atoms with E-state index in [0.29, 0.717) is 6.54 Å². The number of anilines is 2. The zero-order valence-corrected chi connectivity index (χ0v) is 17.2. The van der Waals surface area contributed by atoms with Crippen molar-refractivity contribution >= 4 is 17.3 Å². The monoisotopic (exact) mass is 394 g/mol. The second-order valence-corrected chi connectivity index (χ2v) is 7.64. The molecule has 0 N–H and O–H groups in total. The van der Waals surface area contributed by atoms with Crippen LogP contribution in [0.1, 0.15) is 0 Å². The van der Waals surface area contributed by atoms with Gasteiger partial charge in [0.2, 0.25) is 5.91 Å². The van der Waals surface area contributed by atoms with Crippen LogP contribution in [0.2, 0.25) is 0 Å². The van der Waals surface area contributed by atoms with E-state index in [-0.39, 0.29) is 5.91 Å². The van der Waals surface area contributed by atoms with E-state index in [1.54, 1.807) is 7.11 Å². The van der Waals surface area contributed by atoms with Crippen LogP contribution in [0.3, 0.4) is 0 Å². The summed E-state index contributed by atoms with van der Waals surface area (Å²) < 4.78 is 5.48. The fourth-order valence-corrected chi connectivity index (χ4v) is 4.18. The molecule has 0 unspecified atom stereocenters. The second kappa shape index (κ2) is 9.18. The highest BCUT2D eigenvalue weighted by Crippen LogP contribution is 2.28. The minimum Gasteiger partial charge on any atom is -0.495 e. The Morgan fingerprint density at radius 3 is 2.10 bits per heavy atom. The predicted molar refractivity (Wildman–Crippen MR) is 117 cm³/mol. The van der Waals surface area contributed by atoms with Crippen molar-refractivity contribution < 1.29 is 9.53 Å². The Bertz CT molecular complexity index is 798. The Hall–Kier alpha value is -2.73. The number of rotatable bonds is 5. The number of carbonyl (C=O) groups is 1. The van der Waals surface area contributed by atoms with E-state index >= 15 is 0 Å². The van der Waals surface area contributed by atoms with Crippen LogP contribution in [-0.2, 0) is 4.79 Å². The molecule has 29 heavy (non-hydrogen) atoms. The molecule has 2 aromatic carbocycles. The first-order valence-electron chi connectivity index (χ1n) is 10.4. The number of piperazine rings is 2. The van der Waals surface area contributed by atoms with Crippen LogP contribution in [-0.4, -0.2) is 81.7 Å². The molecular weight excluding hydrogens is 364 g/mol. The summed E-state index contributed by atoms with van der Waals surface area (Å²) in [4.78, 5) is 21.8. The first-order valence-corrected chi connectivity index (χ1v) is 10.4. The first-order chi connectivity index (χ1) is 14.2. The van der Waals surface area contributed by atoms with E-state index in [1.807, 2.05) is 29.2 Å². The minimum atomic E-state index is 0.248. The zero-order valence-electron chi connectivity index (χ0n) is 17.2. The number of carbonyl (C=O) groups excluding carboxylic acids is 1. The van der Waals surface area contributed by atoms with Gasteiger partial charge in [-0.25, -0.2) is 0 Å². The average molecular weight is 395 g/mol. The van der Waals surface area contributed by atoms with E-state index in [2.05, 4.69) is 45.0 Å². The fraction of sp³-hybridized carbons (Fsp3) is 0.435. The second-order valence-electron chi connectivity index (χ2n) is 7.64. The molecule has 2 saturated heterocycles. The predicted octanol–water partition coefficient (Wildman–Crippen LogP) is 2.17. The van der Waals surface area contributed by atoms with Crippen molar-refractivity contribution in [1.82, 2.24) is 9.80 Å². The maximum absolute atomic E-state index is 12.8. The van der Waals surface area contributed by atoms with Gasteiger partial charge < -0.3 is 19.4 Å². The molecule has 2 fully saturated rings. The Morgan fingerprint density at radius 2 is 1.41 bits per heavy atom. The Morgan fingerprint density at radius 1 is 0.793 bits per heavy atom. The van der Waals surface area contributed by atoms with Crippen molar-refractivity contribution in [2.75, 3.05) is 75.8 Å². The lowest BCUT2D eigenvalue weighted by molar-refractivity contribution is -0.132. The molecule has 0 radical (unpaired) electrons. The van der Waals surface area contributed by atoms with E-state index in [0.717, 1.165) is 63.8 Å². The lowest BCUT2D eigenvalue weighted by atomic mass is 10.2. The number of amides is 1. The third-order valence-electron chi connectivity index (χ3n) is 5.91. The molecule has 4 rings (SSSR count). The molecule has 0 aromatic heterocycles. The number of hydrogen-bond acceptors (Lipinski definition) is 5. The van der Waals surface area contributed by atoms with Crippen LogP contribution in [0.4, 0.5) is 11.4 Å². The summed E-state index contributed by atoms with van der Waals surface area (Å²) in [5, 5.41) is 0. The van der Waals surface area contributed by atoms with Crippen molar-refractivity contribution in [2.45, 2.75) is 0 Å². The van der Waals surface area contributed by atoms with Gasteiger partial charge in [-0.1, -0.05) is 30.3 Å².